The van der Waals surface area contributed by atoms with E-state index in [0.717, 1.165) is 0 Å². The van der Waals surface area contributed by atoms with Gasteiger partial charge in [-0.2, -0.15) is 0 Å². The summed E-state index contributed by atoms with van der Waals surface area (Å²) in [6, 6.07) is 8.49. The Labute approximate surface area is 105 Å². The molecule has 0 bridgehead atoms. The van der Waals surface area contributed by atoms with E-state index >= 15 is 0 Å². The monoisotopic (exact) mass is 229 g/mol. The average molecular weight is 229 g/mol. The van der Waals surface area contributed by atoms with E-state index in [1.807, 2.05) is 0 Å². The van der Waals surface area contributed by atoms with E-state index in [1.54, 1.807) is 0 Å². The van der Waals surface area contributed by atoms with Crippen molar-refractivity contribution in [1.29, 1.82) is 0 Å². The molecule has 0 aliphatic carbocycles. The van der Waals surface area contributed by atoms with Crippen LogP contribution in [0.3, 0.4) is 0 Å². The molecule has 0 atom stereocenters. The molecule has 1 aromatic rings. The second-order valence-corrected chi connectivity index (χ2v) is 4.89. The third-order valence-electron chi connectivity index (χ3n) is 2.65. The van der Waals surface area contributed by atoms with Gasteiger partial charge in [-0.1, -0.05) is 50.3 Å². The molecular formula is C16H23N. The quantitative estimate of drug-likeness (QED) is 0.702. The maximum Gasteiger partial charge on any atom is 0.0437 e. The van der Waals surface area contributed by atoms with Gasteiger partial charge in [-0.3, -0.25) is 0 Å². The minimum Gasteiger partial charge on any atom is -0.377 e. The molecule has 0 aliphatic heterocycles. The highest BCUT2D eigenvalue weighted by Gasteiger charge is 2.05. The summed E-state index contributed by atoms with van der Waals surface area (Å²) in [7, 11) is 4.17. The summed E-state index contributed by atoms with van der Waals surface area (Å²) in [5.74, 6) is 0.589. The molecule has 1 rings (SSSR count). The van der Waals surface area contributed by atoms with Crippen LogP contribution in [-0.4, -0.2) is 19.0 Å². The topological polar surface area (TPSA) is 3.24 Å². The minimum atomic E-state index is 0.589. The van der Waals surface area contributed by atoms with Gasteiger partial charge in [-0.05, 0) is 24.5 Å². The third kappa shape index (κ3) is 4.10. The van der Waals surface area contributed by atoms with Crippen molar-refractivity contribution in [3.8, 4) is 0 Å². The summed E-state index contributed by atoms with van der Waals surface area (Å²) in [6.07, 6.45) is 6.54. The van der Waals surface area contributed by atoms with Gasteiger partial charge in [-0.15, -0.1) is 0 Å². The van der Waals surface area contributed by atoms with Gasteiger partial charge < -0.3 is 4.90 Å². The van der Waals surface area contributed by atoms with Crippen LogP contribution in [0.1, 0.15) is 25.0 Å². The Hall–Kier alpha value is -1.50. The summed E-state index contributed by atoms with van der Waals surface area (Å²) in [4.78, 5) is 2.16. The number of nitrogens with zero attached hydrogens (tertiary/aromatic N) is 1. The molecule has 1 nitrogen and oxygen atoms in total. The lowest BCUT2D eigenvalue weighted by molar-refractivity contribution is 0.591. The van der Waals surface area contributed by atoms with Gasteiger partial charge in [0.15, 0.2) is 0 Å². The molecule has 0 heterocycles. The molecule has 1 aromatic carbocycles. The summed E-state index contributed by atoms with van der Waals surface area (Å²) in [6.45, 7) is 6.53. The van der Waals surface area contributed by atoms with Crippen molar-refractivity contribution in [1.82, 2.24) is 4.90 Å². The van der Waals surface area contributed by atoms with Gasteiger partial charge in [0.1, 0.15) is 0 Å². The average Bonchev–Trinajstić information content (AvgIpc) is 2.25. The number of aryl methyl sites for hydroxylation is 1. The van der Waals surface area contributed by atoms with Gasteiger partial charge in [-0.25, -0.2) is 0 Å². The predicted octanol–water partition coefficient (Wildman–Crippen LogP) is 4.11. The van der Waals surface area contributed by atoms with Crippen LogP contribution >= 0.6 is 0 Å². The van der Waals surface area contributed by atoms with Gasteiger partial charge in [0.05, 0.1) is 0 Å². The zero-order chi connectivity index (χ0) is 12.8. The van der Waals surface area contributed by atoms with Crippen molar-refractivity contribution in [3.63, 3.8) is 0 Å². The molecule has 0 spiro atoms. The van der Waals surface area contributed by atoms with Crippen LogP contribution < -0.4 is 0 Å². The number of rotatable bonds is 4. The highest BCUT2D eigenvalue weighted by molar-refractivity contribution is 5.67. The van der Waals surface area contributed by atoms with Crippen molar-refractivity contribution < 1.29 is 0 Å². The molecule has 0 saturated carbocycles. The van der Waals surface area contributed by atoms with Crippen molar-refractivity contribution in [2.45, 2.75) is 20.8 Å². The highest BCUT2D eigenvalue weighted by atomic mass is 15.1. The van der Waals surface area contributed by atoms with Crippen molar-refractivity contribution in [2.75, 3.05) is 14.1 Å². The molecule has 0 fully saturated rings. The van der Waals surface area contributed by atoms with E-state index in [9.17, 15) is 0 Å². The smallest absolute Gasteiger partial charge is 0.0437 e. The molecule has 17 heavy (non-hydrogen) atoms. The Kier molecular flexibility index (Phi) is 5.02. The van der Waals surface area contributed by atoms with Gasteiger partial charge in [0.25, 0.3) is 0 Å². The van der Waals surface area contributed by atoms with E-state index in [4.69, 9.17) is 0 Å². The molecule has 0 aliphatic rings. The Morgan fingerprint density at radius 2 is 1.82 bits per heavy atom. The standard InChI is InChI=1S/C16H23N/c1-13(2)9-8-12-16(17(4)5)15-11-7-6-10-14(15)3/h6-13H,1-5H3/b9-8?,16-12-. The van der Waals surface area contributed by atoms with Crippen LogP contribution in [0.2, 0.25) is 0 Å². The van der Waals surface area contributed by atoms with E-state index in [1.165, 1.54) is 16.8 Å². The summed E-state index contributed by atoms with van der Waals surface area (Å²) in [5, 5.41) is 0. The Balaban J connectivity index is 3.06. The SMILES string of the molecule is Cc1ccccc1/C(=C/C=CC(C)C)N(C)C. The van der Waals surface area contributed by atoms with Crippen LogP contribution in [0.5, 0.6) is 0 Å². The fourth-order valence-electron chi connectivity index (χ4n) is 1.71. The van der Waals surface area contributed by atoms with Crippen LogP contribution in [0, 0.1) is 12.8 Å². The highest BCUT2D eigenvalue weighted by Crippen LogP contribution is 2.20. The summed E-state index contributed by atoms with van der Waals surface area (Å²) >= 11 is 0. The molecular weight excluding hydrogens is 206 g/mol. The first-order valence-electron chi connectivity index (χ1n) is 6.14. The zero-order valence-electron chi connectivity index (χ0n) is 11.6. The number of allylic oxidation sites excluding steroid dienone is 3. The second kappa shape index (κ2) is 6.29. The fourth-order valence-corrected chi connectivity index (χ4v) is 1.71. The maximum absolute atomic E-state index is 2.21. The second-order valence-electron chi connectivity index (χ2n) is 4.89. The van der Waals surface area contributed by atoms with Crippen molar-refractivity contribution >= 4 is 5.70 Å². The van der Waals surface area contributed by atoms with Crippen molar-refractivity contribution in [3.05, 3.63) is 53.6 Å². The molecule has 1 heteroatoms. The summed E-state index contributed by atoms with van der Waals surface area (Å²) in [5.41, 5.74) is 3.86. The molecule has 0 aromatic heterocycles. The third-order valence-corrected chi connectivity index (χ3v) is 2.65. The molecule has 92 valence electrons. The van der Waals surface area contributed by atoms with Crippen LogP contribution in [0.15, 0.2) is 42.5 Å². The normalized spacial score (nSPS) is 12.5. The van der Waals surface area contributed by atoms with E-state index < -0.39 is 0 Å². The molecule has 0 amide bonds. The lowest BCUT2D eigenvalue weighted by Gasteiger charge is -2.19. The number of hydrogen-bond acceptors (Lipinski definition) is 1. The summed E-state index contributed by atoms with van der Waals surface area (Å²) < 4.78 is 0. The lowest BCUT2D eigenvalue weighted by Crippen LogP contribution is -2.10. The molecule has 0 radical (unpaired) electrons. The van der Waals surface area contributed by atoms with Gasteiger partial charge in [0, 0.05) is 25.4 Å². The largest absolute Gasteiger partial charge is 0.377 e. The first-order chi connectivity index (χ1) is 8.02. The number of benzene rings is 1. The first kappa shape index (κ1) is 13.6. The minimum absolute atomic E-state index is 0.589. The van der Waals surface area contributed by atoms with Crippen LogP contribution in [0.4, 0.5) is 0 Å². The van der Waals surface area contributed by atoms with Gasteiger partial charge >= 0.3 is 0 Å². The molecule has 0 unspecified atom stereocenters. The predicted molar refractivity (Wildman–Crippen MR) is 76.8 cm³/mol. The van der Waals surface area contributed by atoms with E-state index in [2.05, 4.69) is 82.3 Å². The van der Waals surface area contributed by atoms with Crippen LogP contribution in [-0.2, 0) is 0 Å². The van der Waals surface area contributed by atoms with Gasteiger partial charge in [0.2, 0.25) is 0 Å². The Morgan fingerprint density at radius 1 is 1.18 bits per heavy atom. The fraction of sp³-hybridized carbons (Fsp3) is 0.375. The lowest BCUT2D eigenvalue weighted by atomic mass is 10.0. The van der Waals surface area contributed by atoms with E-state index in [0.29, 0.717) is 5.92 Å². The zero-order valence-corrected chi connectivity index (χ0v) is 11.6. The Bertz CT molecular complexity index is 411. The van der Waals surface area contributed by atoms with Crippen molar-refractivity contribution in [2.24, 2.45) is 5.92 Å². The molecule has 0 N–H and O–H groups in total. The maximum atomic E-state index is 2.21. The molecule has 0 saturated heterocycles. The number of hydrogen-bond donors (Lipinski definition) is 0. The Morgan fingerprint density at radius 3 is 2.35 bits per heavy atom. The van der Waals surface area contributed by atoms with E-state index in [-0.39, 0.29) is 0 Å². The van der Waals surface area contributed by atoms with Crippen LogP contribution in [0.25, 0.3) is 5.70 Å². The first-order valence-corrected chi connectivity index (χ1v) is 6.14.